The minimum absolute atomic E-state index is 0. The summed E-state index contributed by atoms with van der Waals surface area (Å²) in [6.07, 6.45) is 1.20. The zero-order valence-electron chi connectivity index (χ0n) is 14.7. The Labute approximate surface area is 157 Å². The fourth-order valence-corrected chi connectivity index (χ4v) is 3.32. The van der Waals surface area contributed by atoms with Crippen LogP contribution in [0.15, 0.2) is 30.3 Å². The second kappa shape index (κ2) is 8.34. The van der Waals surface area contributed by atoms with Crippen molar-refractivity contribution < 1.29 is 0 Å². The first-order valence-electron chi connectivity index (χ1n) is 8.04. The third-order valence-electron chi connectivity index (χ3n) is 4.73. The Morgan fingerprint density at radius 1 is 1.17 bits per heavy atom. The molecule has 0 saturated carbocycles. The van der Waals surface area contributed by atoms with Crippen molar-refractivity contribution in [2.75, 3.05) is 19.6 Å². The first-order valence-corrected chi connectivity index (χ1v) is 8.04. The van der Waals surface area contributed by atoms with Gasteiger partial charge in [-0.2, -0.15) is 5.10 Å². The van der Waals surface area contributed by atoms with Crippen LogP contribution in [0.25, 0.3) is 5.69 Å². The zero-order chi connectivity index (χ0) is 15.7. The summed E-state index contributed by atoms with van der Waals surface area (Å²) in [5, 5.41) is 4.54. The van der Waals surface area contributed by atoms with Crippen molar-refractivity contribution in [2.24, 2.45) is 11.1 Å². The van der Waals surface area contributed by atoms with Gasteiger partial charge in [0.1, 0.15) is 0 Å². The molecule has 1 aromatic carbocycles. The number of nitrogens with two attached hydrogens (primary N) is 1. The lowest BCUT2D eigenvalue weighted by atomic mass is 9.90. The molecule has 0 aliphatic carbocycles. The zero-order valence-corrected chi connectivity index (χ0v) is 16.3. The van der Waals surface area contributed by atoms with Crippen molar-refractivity contribution in [2.45, 2.75) is 33.7 Å². The second-order valence-corrected chi connectivity index (χ2v) is 6.98. The number of aryl methyl sites for hydroxylation is 2. The Kier molecular flexibility index (Phi) is 7.29. The molecule has 3 rings (SSSR count). The van der Waals surface area contributed by atoms with E-state index in [0.717, 1.165) is 37.6 Å². The maximum absolute atomic E-state index is 5.89. The van der Waals surface area contributed by atoms with E-state index < -0.39 is 0 Å². The molecule has 1 atom stereocenters. The van der Waals surface area contributed by atoms with Crippen molar-refractivity contribution >= 4 is 24.8 Å². The highest BCUT2D eigenvalue weighted by molar-refractivity contribution is 5.85. The van der Waals surface area contributed by atoms with E-state index >= 15 is 0 Å². The molecular weight excluding hydrogens is 343 g/mol. The fraction of sp³-hybridized carbons (Fsp3) is 0.500. The molecule has 134 valence electrons. The number of benzene rings is 1. The molecule has 4 nitrogen and oxygen atoms in total. The smallest absolute Gasteiger partial charge is 0.0648 e. The van der Waals surface area contributed by atoms with Crippen LogP contribution in [0.3, 0.4) is 0 Å². The van der Waals surface area contributed by atoms with Crippen molar-refractivity contribution in [1.82, 2.24) is 14.7 Å². The fourth-order valence-electron chi connectivity index (χ4n) is 3.32. The van der Waals surface area contributed by atoms with Crippen molar-refractivity contribution in [3.8, 4) is 5.69 Å². The van der Waals surface area contributed by atoms with E-state index in [1.807, 2.05) is 11.6 Å². The van der Waals surface area contributed by atoms with Gasteiger partial charge in [-0.25, -0.2) is 4.68 Å². The van der Waals surface area contributed by atoms with Crippen LogP contribution in [-0.4, -0.2) is 34.3 Å². The molecule has 1 saturated heterocycles. The molecule has 0 radical (unpaired) electrons. The molecular formula is C18H28Cl2N4. The Morgan fingerprint density at radius 3 is 2.33 bits per heavy atom. The van der Waals surface area contributed by atoms with E-state index in [1.54, 1.807) is 0 Å². The summed E-state index contributed by atoms with van der Waals surface area (Å²) in [7, 11) is 0. The first-order chi connectivity index (χ1) is 10.5. The predicted octanol–water partition coefficient (Wildman–Crippen LogP) is 3.50. The maximum atomic E-state index is 5.89. The number of hydrogen-bond donors (Lipinski definition) is 1. The van der Waals surface area contributed by atoms with E-state index in [9.17, 15) is 0 Å². The summed E-state index contributed by atoms with van der Waals surface area (Å²) in [6.45, 7) is 10.4. The third kappa shape index (κ3) is 4.51. The number of rotatable bonds is 4. The molecule has 1 aromatic heterocycles. The van der Waals surface area contributed by atoms with E-state index in [1.165, 1.54) is 17.7 Å². The van der Waals surface area contributed by atoms with Crippen molar-refractivity contribution in [1.29, 1.82) is 0 Å². The third-order valence-corrected chi connectivity index (χ3v) is 4.73. The molecule has 1 aliphatic heterocycles. The van der Waals surface area contributed by atoms with Crippen LogP contribution in [0.2, 0.25) is 0 Å². The summed E-state index contributed by atoms with van der Waals surface area (Å²) in [6, 6.07) is 10.8. The average Bonchev–Trinajstić information content (AvgIpc) is 3.03. The Bertz CT molecular complexity index is 654. The average molecular weight is 371 g/mol. The highest BCUT2D eigenvalue weighted by Crippen LogP contribution is 2.29. The van der Waals surface area contributed by atoms with Gasteiger partial charge in [0.05, 0.1) is 11.4 Å². The molecule has 1 unspecified atom stereocenters. The quantitative estimate of drug-likeness (QED) is 0.895. The minimum atomic E-state index is 0. The van der Waals surface area contributed by atoms with Crippen LogP contribution in [-0.2, 0) is 6.54 Å². The van der Waals surface area contributed by atoms with Crippen LogP contribution in [0.1, 0.15) is 30.3 Å². The lowest BCUT2D eigenvalue weighted by Gasteiger charge is -2.22. The van der Waals surface area contributed by atoms with Crippen molar-refractivity contribution in [3.05, 3.63) is 47.3 Å². The summed E-state index contributed by atoms with van der Waals surface area (Å²) in [4.78, 5) is 2.51. The minimum Gasteiger partial charge on any atom is -0.330 e. The van der Waals surface area contributed by atoms with Gasteiger partial charge < -0.3 is 5.73 Å². The van der Waals surface area contributed by atoms with E-state index in [-0.39, 0.29) is 24.8 Å². The van der Waals surface area contributed by atoms with Crippen LogP contribution in [0, 0.1) is 19.3 Å². The summed E-state index contributed by atoms with van der Waals surface area (Å²) in [5.74, 6) is 0. The summed E-state index contributed by atoms with van der Waals surface area (Å²) >= 11 is 0. The highest BCUT2D eigenvalue weighted by Gasteiger charge is 2.32. The molecule has 1 fully saturated rings. The van der Waals surface area contributed by atoms with Gasteiger partial charge in [0, 0.05) is 18.8 Å². The van der Waals surface area contributed by atoms with E-state index in [2.05, 4.69) is 54.2 Å². The Hall–Kier alpha value is -1.07. The topological polar surface area (TPSA) is 47.1 Å². The van der Waals surface area contributed by atoms with Gasteiger partial charge in [-0.15, -0.1) is 24.8 Å². The molecule has 2 aromatic rings. The van der Waals surface area contributed by atoms with E-state index in [0.29, 0.717) is 5.41 Å². The molecule has 24 heavy (non-hydrogen) atoms. The number of likely N-dealkylation sites (tertiary alicyclic amines) is 1. The van der Waals surface area contributed by atoms with Gasteiger partial charge in [0.25, 0.3) is 0 Å². The predicted molar refractivity (Wildman–Crippen MR) is 105 cm³/mol. The summed E-state index contributed by atoms with van der Waals surface area (Å²) < 4.78 is 2.00. The van der Waals surface area contributed by atoms with E-state index in [4.69, 9.17) is 5.73 Å². The van der Waals surface area contributed by atoms with Gasteiger partial charge in [-0.05, 0) is 62.5 Å². The SMILES string of the molecule is Cc1cc(C)n(-c2ccc(CN3CCC(C)(CN)C3)cc2)n1.Cl.Cl. The molecule has 2 N–H and O–H groups in total. The molecule has 6 heteroatoms. The normalized spacial score (nSPS) is 20.5. The highest BCUT2D eigenvalue weighted by atomic mass is 35.5. The lowest BCUT2D eigenvalue weighted by Crippen LogP contribution is -2.31. The standard InChI is InChI=1S/C18H26N4.2ClH/c1-14-10-15(2)22(20-14)17-6-4-16(5-7-17)11-21-9-8-18(3,12-19)13-21;;/h4-7,10H,8-9,11-13,19H2,1-3H3;2*1H. The van der Waals surface area contributed by atoms with Crippen molar-refractivity contribution in [3.63, 3.8) is 0 Å². The molecule has 0 amide bonds. The second-order valence-electron chi connectivity index (χ2n) is 6.98. The summed E-state index contributed by atoms with van der Waals surface area (Å²) in [5.41, 5.74) is 10.9. The van der Waals surface area contributed by atoms with Gasteiger partial charge in [0.15, 0.2) is 0 Å². The largest absolute Gasteiger partial charge is 0.330 e. The number of halogens is 2. The number of aromatic nitrogens is 2. The Morgan fingerprint density at radius 2 is 1.83 bits per heavy atom. The number of hydrogen-bond acceptors (Lipinski definition) is 3. The lowest BCUT2D eigenvalue weighted by molar-refractivity contribution is 0.274. The molecule has 2 heterocycles. The Balaban J connectivity index is 0.00000144. The monoisotopic (exact) mass is 370 g/mol. The van der Waals surface area contributed by atoms with Crippen LogP contribution >= 0.6 is 24.8 Å². The van der Waals surface area contributed by atoms with Gasteiger partial charge >= 0.3 is 0 Å². The van der Waals surface area contributed by atoms with Gasteiger partial charge in [-0.1, -0.05) is 19.1 Å². The molecule has 0 spiro atoms. The number of nitrogens with zero attached hydrogens (tertiary/aromatic N) is 3. The van der Waals surface area contributed by atoms with Crippen LogP contribution in [0.4, 0.5) is 0 Å². The van der Waals surface area contributed by atoms with Gasteiger partial charge in [-0.3, -0.25) is 4.90 Å². The van der Waals surface area contributed by atoms with Gasteiger partial charge in [0.2, 0.25) is 0 Å². The molecule has 0 bridgehead atoms. The first kappa shape index (κ1) is 21.0. The molecule has 1 aliphatic rings. The van der Waals surface area contributed by atoms with Crippen LogP contribution in [0.5, 0.6) is 0 Å². The maximum Gasteiger partial charge on any atom is 0.0648 e. The van der Waals surface area contributed by atoms with Crippen LogP contribution < -0.4 is 5.73 Å².